The molecule has 1 aliphatic rings. The normalized spacial score (nSPS) is 19.9. The highest BCUT2D eigenvalue weighted by atomic mass is 35.5. The van der Waals surface area contributed by atoms with Crippen LogP contribution in [0.2, 0.25) is 5.02 Å². The summed E-state index contributed by atoms with van der Waals surface area (Å²) in [4.78, 5) is 2.54. The molecule has 0 bridgehead atoms. The predicted molar refractivity (Wildman–Crippen MR) is 78.0 cm³/mol. The minimum absolute atomic E-state index is 0.148. The molecule has 100 valence electrons. The maximum atomic E-state index is 6.05. The van der Waals surface area contributed by atoms with Gasteiger partial charge in [0, 0.05) is 11.6 Å². The summed E-state index contributed by atoms with van der Waals surface area (Å²) < 4.78 is 0. The molecule has 1 aliphatic heterocycles. The van der Waals surface area contributed by atoms with E-state index in [9.17, 15) is 0 Å². The Hall–Kier alpha value is -0.570. The lowest BCUT2D eigenvalue weighted by atomic mass is 9.83. The van der Waals surface area contributed by atoms with Crippen LogP contribution in [0.15, 0.2) is 24.3 Å². The van der Waals surface area contributed by atoms with Crippen LogP contribution >= 0.6 is 11.6 Å². The van der Waals surface area contributed by atoms with Gasteiger partial charge in [-0.25, -0.2) is 0 Å². The molecule has 1 aromatic rings. The second kappa shape index (κ2) is 6.05. The van der Waals surface area contributed by atoms with Crippen molar-refractivity contribution in [3.05, 3.63) is 34.9 Å². The first-order valence-electron chi connectivity index (χ1n) is 6.78. The van der Waals surface area contributed by atoms with Crippen molar-refractivity contribution in [3.63, 3.8) is 0 Å². The zero-order chi connectivity index (χ0) is 13.0. The molecule has 0 aromatic heterocycles. The predicted octanol–water partition coefficient (Wildman–Crippen LogP) is 2.94. The van der Waals surface area contributed by atoms with Gasteiger partial charge in [-0.3, -0.25) is 0 Å². The first-order valence-corrected chi connectivity index (χ1v) is 7.16. The van der Waals surface area contributed by atoms with Crippen LogP contribution < -0.4 is 5.73 Å². The summed E-state index contributed by atoms with van der Waals surface area (Å²) in [6, 6.07) is 8.14. The lowest BCUT2D eigenvalue weighted by molar-refractivity contribution is 0.196. The number of halogens is 1. The molecule has 0 aliphatic carbocycles. The van der Waals surface area contributed by atoms with Crippen LogP contribution in [0.25, 0.3) is 0 Å². The molecule has 1 atom stereocenters. The van der Waals surface area contributed by atoms with Gasteiger partial charge in [-0.15, -0.1) is 0 Å². The summed E-state index contributed by atoms with van der Waals surface area (Å²) in [6.07, 6.45) is 3.66. The summed E-state index contributed by atoms with van der Waals surface area (Å²) in [7, 11) is 0. The maximum Gasteiger partial charge on any atom is 0.0408 e. The van der Waals surface area contributed by atoms with Crippen molar-refractivity contribution in [2.75, 3.05) is 26.2 Å². The molecule has 2 nitrogen and oxygen atoms in total. The van der Waals surface area contributed by atoms with Crippen molar-refractivity contribution in [2.24, 2.45) is 11.1 Å². The standard InChI is InChI=1S/C15H23ClN2/c1-15(11-17,12-18-7-2-3-8-18)10-13-5-4-6-14(16)9-13/h4-6,9H,2-3,7-8,10-12,17H2,1H3. The number of nitrogens with two attached hydrogens (primary N) is 1. The van der Waals surface area contributed by atoms with Crippen LogP contribution in [0.5, 0.6) is 0 Å². The average Bonchev–Trinajstić information content (AvgIpc) is 2.81. The Labute approximate surface area is 115 Å². The van der Waals surface area contributed by atoms with E-state index in [0.717, 1.165) is 24.5 Å². The zero-order valence-corrected chi connectivity index (χ0v) is 11.9. The molecule has 1 saturated heterocycles. The zero-order valence-electron chi connectivity index (χ0n) is 11.2. The third-order valence-electron chi connectivity index (χ3n) is 3.82. The minimum Gasteiger partial charge on any atom is -0.330 e. The van der Waals surface area contributed by atoms with E-state index in [1.165, 1.54) is 31.5 Å². The summed E-state index contributed by atoms with van der Waals surface area (Å²) in [6.45, 7) is 6.55. The lowest BCUT2D eigenvalue weighted by Gasteiger charge is -2.33. The van der Waals surface area contributed by atoms with Crippen LogP contribution in [-0.2, 0) is 6.42 Å². The summed E-state index contributed by atoms with van der Waals surface area (Å²) >= 11 is 6.05. The number of hydrogen-bond donors (Lipinski definition) is 1. The van der Waals surface area contributed by atoms with Gasteiger partial charge in [0.1, 0.15) is 0 Å². The fourth-order valence-electron chi connectivity index (χ4n) is 2.81. The Bertz CT molecular complexity index is 388. The molecule has 0 spiro atoms. The smallest absolute Gasteiger partial charge is 0.0408 e. The molecule has 1 heterocycles. The fourth-order valence-corrected chi connectivity index (χ4v) is 3.03. The van der Waals surface area contributed by atoms with Gasteiger partial charge in [-0.05, 0) is 62.0 Å². The second-order valence-electron chi connectivity index (χ2n) is 5.80. The number of benzene rings is 1. The summed E-state index contributed by atoms with van der Waals surface area (Å²) in [5, 5.41) is 0.813. The van der Waals surface area contributed by atoms with E-state index in [-0.39, 0.29) is 5.41 Å². The van der Waals surface area contributed by atoms with E-state index in [1.54, 1.807) is 0 Å². The molecule has 1 unspecified atom stereocenters. The van der Waals surface area contributed by atoms with E-state index < -0.39 is 0 Å². The Balaban J connectivity index is 2.02. The third kappa shape index (κ3) is 3.71. The highest BCUT2D eigenvalue weighted by Crippen LogP contribution is 2.26. The van der Waals surface area contributed by atoms with E-state index in [1.807, 2.05) is 12.1 Å². The molecule has 1 fully saturated rings. The quantitative estimate of drug-likeness (QED) is 0.888. The number of nitrogens with zero attached hydrogens (tertiary/aromatic N) is 1. The van der Waals surface area contributed by atoms with Crippen LogP contribution in [0.1, 0.15) is 25.3 Å². The van der Waals surface area contributed by atoms with Gasteiger partial charge in [0.05, 0.1) is 0 Å². The Morgan fingerprint density at radius 1 is 1.33 bits per heavy atom. The van der Waals surface area contributed by atoms with Crippen molar-refractivity contribution in [3.8, 4) is 0 Å². The molecule has 1 aromatic carbocycles. The SMILES string of the molecule is CC(CN)(Cc1cccc(Cl)c1)CN1CCCC1. The first kappa shape index (κ1) is 13.9. The monoisotopic (exact) mass is 266 g/mol. The van der Waals surface area contributed by atoms with Crippen LogP contribution in [-0.4, -0.2) is 31.1 Å². The average molecular weight is 267 g/mol. The topological polar surface area (TPSA) is 29.3 Å². The fraction of sp³-hybridized carbons (Fsp3) is 0.600. The van der Waals surface area contributed by atoms with Crippen LogP contribution in [0, 0.1) is 5.41 Å². The van der Waals surface area contributed by atoms with Gasteiger partial charge in [-0.2, -0.15) is 0 Å². The van der Waals surface area contributed by atoms with Gasteiger partial charge in [0.2, 0.25) is 0 Å². The first-order chi connectivity index (χ1) is 8.61. The minimum atomic E-state index is 0.148. The maximum absolute atomic E-state index is 6.05. The van der Waals surface area contributed by atoms with E-state index in [2.05, 4.69) is 24.0 Å². The molecule has 0 saturated carbocycles. The van der Waals surface area contributed by atoms with Gasteiger partial charge < -0.3 is 10.6 Å². The molecule has 2 N–H and O–H groups in total. The molecule has 3 heteroatoms. The second-order valence-corrected chi connectivity index (χ2v) is 6.24. The Morgan fingerprint density at radius 2 is 2.06 bits per heavy atom. The van der Waals surface area contributed by atoms with Crippen LogP contribution in [0.3, 0.4) is 0 Å². The van der Waals surface area contributed by atoms with Gasteiger partial charge in [0.25, 0.3) is 0 Å². The number of hydrogen-bond acceptors (Lipinski definition) is 2. The largest absolute Gasteiger partial charge is 0.330 e. The Morgan fingerprint density at radius 3 is 2.67 bits per heavy atom. The van der Waals surface area contributed by atoms with Crippen molar-refractivity contribution in [2.45, 2.75) is 26.2 Å². The highest BCUT2D eigenvalue weighted by Gasteiger charge is 2.27. The Kier molecular flexibility index (Phi) is 4.66. The molecular weight excluding hydrogens is 244 g/mol. The van der Waals surface area contributed by atoms with Crippen molar-refractivity contribution < 1.29 is 0 Å². The third-order valence-corrected chi connectivity index (χ3v) is 4.05. The van der Waals surface area contributed by atoms with E-state index in [4.69, 9.17) is 17.3 Å². The molecule has 0 amide bonds. The van der Waals surface area contributed by atoms with Crippen molar-refractivity contribution in [1.29, 1.82) is 0 Å². The van der Waals surface area contributed by atoms with E-state index >= 15 is 0 Å². The van der Waals surface area contributed by atoms with Gasteiger partial charge in [-0.1, -0.05) is 30.7 Å². The molecule has 18 heavy (non-hydrogen) atoms. The lowest BCUT2D eigenvalue weighted by Crippen LogP contribution is -2.41. The summed E-state index contributed by atoms with van der Waals surface area (Å²) in [5.41, 5.74) is 7.45. The number of rotatable bonds is 5. The summed E-state index contributed by atoms with van der Waals surface area (Å²) in [5.74, 6) is 0. The van der Waals surface area contributed by atoms with Gasteiger partial charge in [0.15, 0.2) is 0 Å². The van der Waals surface area contributed by atoms with Crippen LogP contribution in [0.4, 0.5) is 0 Å². The molecular formula is C15H23ClN2. The van der Waals surface area contributed by atoms with Gasteiger partial charge >= 0.3 is 0 Å². The number of likely N-dealkylation sites (tertiary alicyclic amines) is 1. The molecule has 2 rings (SSSR count). The van der Waals surface area contributed by atoms with E-state index in [0.29, 0.717) is 0 Å². The highest BCUT2D eigenvalue weighted by molar-refractivity contribution is 6.30. The molecule has 0 radical (unpaired) electrons. The van der Waals surface area contributed by atoms with Crippen molar-refractivity contribution in [1.82, 2.24) is 4.90 Å². The van der Waals surface area contributed by atoms with Crippen molar-refractivity contribution >= 4 is 11.6 Å².